The van der Waals surface area contributed by atoms with Crippen LogP contribution >= 0.6 is 0 Å². The normalized spacial score (nSPS) is 10.3. The Morgan fingerprint density at radius 2 is 1.48 bits per heavy atom. The third-order valence-corrected chi connectivity index (χ3v) is 4.12. The molecule has 0 saturated carbocycles. The van der Waals surface area contributed by atoms with Gasteiger partial charge < -0.3 is 9.80 Å². The molecule has 1 heterocycles. The average molecular weight is 331 g/mol. The van der Waals surface area contributed by atoms with E-state index in [1.165, 1.54) is 0 Å². The molecule has 25 heavy (non-hydrogen) atoms. The molecule has 1 aromatic heterocycles. The van der Waals surface area contributed by atoms with Crippen LogP contribution in [-0.4, -0.2) is 24.5 Å². The molecular weight excluding hydrogens is 310 g/mol. The lowest BCUT2D eigenvalue weighted by atomic mass is 10.2. The van der Waals surface area contributed by atoms with Crippen molar-refractivity contribution in [3.8, 4) is 0 Å². The van der Waals surface area contributed by atoms with E-state index in [9.17, 15) is 4.79 Å². The minimum atomic E-state index is -0.1000. The summed E-state index contributed by atoms with van der Waals surface area (Å²) < 4.78 is 0. The van der Waals surface area contributed by atoms with E-state index in [1.807, 2.05) is 91.7 Å². The van der Waals surface area contributed by atoms with Gasteiger partial charge in [0, 0.05) is 36.9 Å². The molecule has 0 spiro atoms. The molecule has 0 unspecified atom stereocenters. The zero-order valence-electron chi connectivity index (χ0n) is 14.5. The molecule has 0 bridgehead atoms. The summed E-state index contributed by atoms with van der Waals surface area (Å²) in [6.45, 7) is 2.55. The smallest absolute Gasteiger partial charge is 0.276 e. The molecule has 1 amide bonds. The first kappa shape index (κ1) is 16.7. The second-order valence-electron chi connectivity index (χ2n) is 5.68. The van der Waals surface area contributed by atoms with Crippen molar-refractivity contribution in [1.29, 1.82) is 0 Å². The molecule has 3 rings (SSSR count). The van der Waals surface area contributed by atoms with Crippen molar-refractivity contribution in [3.05, 3.63) is 84.7 Å². The molecule has 126 valence electrons. The van der Waals surface area contributed by atoms with Crippen LogP contribution in [0.25, 0.3) is 0 Å². The number of para-hydroxylation sites is 2. The lowest BCUT2D eigenvalue weighted by Crippen LogP contribution is -2.31. The highest BCUT2D eigenvalue weighted by atomic mass is 16.2. The minimum Gasteiger partial charge on any atom is -0.345 e. The van der Waals surface area contributed by atoms with E-state index < -0.39 is 0 Å². The number of rotatable bonds is 5. The Kier molecular flexibility index (Phi) is 5.09. The SMILES string of the molecule is CCN(C(=O)c1cc(N(C)c2ccccc2)ccn1)c1ccccc1. The average Bonchev–Trinajstić information content (AvgIpc) is 2.69. The maximum atomic E-state index is 12.9. The lowest BCUT2D eigenvalue weighted by Gasteiger charge is -2.22. The summed E-state index contributed by atoms with van der Waals surface area (Å²) >= 11 is 0. The van der Waals surface area contributed by atoms with Crippen LogP contribution in [0.4, 0.5) is 17.1 Å². The van der Waals surface area contributed by atoms with E-state index in [-0.39, 0.29) is 5.91 Å². The van der Waals surface area contributed by atoms with Crippen LogP contribution in [0.1, 0.15) is 17.4 Å². The second-order valence-corrected chi connectivity index (χ2v) is 5.68. The first-order chi connectivity index (χ1) is 12.2. The van der Waals surface area contributed by atoms with Crippen LogP contribution < -0.4 is 9.80 Å². The van der Waals surface area contributed by atoms with E-state index in [0.717, 1.165) is 17.1 Å². The Morgan fingerprint density at radius 1 is 0.880 bits per heavy atom. The number of nitrogens with zero attached hydrogens (tertiary/aromatic N) is 3. The summed E-state index contributed by atoms with van der Waals surface area (Å²) in [5.41, 5.74) is 3.29. The Bertz CT molecular complexity index is 834. The fourth-order valence-corrected chi connectivity index (χ4v) is 2.74. The van der Waals surface area contributed by atoms with Gasteiger partial charge in [-0.3, -0.25) is 9.78 Å². The molecule has 0 radical (unpaired) electrons. The standard InChI is InChI=1S/C21H21N3O/c1-3-24(18-12-8-5-9-13-18)21(25)20-16-19(14-15-22-20)23(2)17-10-6-4-7-11-17/h4-16H,3H2,1-2H3. The molecule has 4 heteroatoms. The predicted octanol–water partition coefficient (Wildman–Crippen LogP) is 4.52. The van der Waals surface area contributed by atoms with Gasteiger partial charge >= 0.3 is 0 Å². The van der Waals surface area contributed by atoms with Gasteiger partial charge in [0.15, 0.2) is 0 Å². The molecular formula is C21H21N3O. The molecule has 3 aromatic rings. The number of anilines is 3. The van der Waals surface area contributed by atoms with Crippen molar-refractivity contribution in [2.45, 2.75) is 6.92 Å². The summed E-state index contributed by atoms with van der Waals surface area (Å²) in [4.78, 5) is 21.0. The third-order valence-electron chi connectivity index (χ3n) is 4.12. The van der Waals surface area contributed by atoms with Crippen LogP contribution in [-0.2, 0) is 0 Å². The first-order valence-electron chi connectivity index (χ1n) is 8.32. The van der Waals surface area contributed by atoms with E-state index in [1.54, 1.807) is 11.1 Å². The highest BCUT2D eigenvalue weighted by Gasteiger charge is 2.18. The number of hydrogen-bond donors (Lipinski definition) is 0. The highest BCUT2D eigenvalue weighted by Crippen LogP contribution is 2.24. The zero-order chi connectivity index (χ0) is 17.6. The van der Waals surface area contributed by atoms with Gasteiger partial charge in [-0.25, -0.2) is 0 Å². The molecule has 4 nitrogen and oxygen atoms in total. The Morgan fingerprint density at radius 3 is 2.08 bits per heavy atom. The molecule has 0 aliphatic rings. The highest BCUT2D eigenvalue weighted by molar-refractivity contribution is 6.05. The molecule has 2 aromatic carbocycles. The fourth-order valence-electron chi connectivity index (χ4n) is 2.74. The van der Waals surface area contributed by atoms with E-state index in [4.69, 9.17) is 0 Å². The quantitative estimate of drug-likeness (QED) is 0.690. The van der Waals surface area contributed by atoms with Crippen LogP contribution in [0, 0.1) is 0 Å². The van der Waals surface area contributed by atoms with Crippen LogP contribution in [0.5, 0.6) is 0 Å². The monoisotopic (exact) mass is 331 g/mol. The van der Waals surface area contributed by atoms with Gasteiger partial charge in [0.1, 0.15) is 5.69 Å². The van der Waals surface area contributed by atoms with Crippen molar-refractivity contribution in [2.75, 3.05) is 23.4 Å². The number of pyridine rings is 1. The maximum absolute atomic E-state index is 12.9. The Balaban J connectivity index is 1.89. The molecule has 0 aliphatic carbocycles. The molecule has 0 saturated heterocycles. The summed E-state index contributed by atoms with van der Waals surface area (Å²) in [6.07, 6.45) is 1.68. The zero-order valence-corrected chi connectivity index (χ0v) is 14.5. The molecule has 0 N–H and O–H groups in total. The van der Waals surface area contributed by atoms with Gasteiger partial charge in [-0.1, -0.05) is 36.4 Å². The van der Waals surface area contributed by atoms with Gasteiger partial charge in [0.2, 0.25) is 0 Å². The first-order valence-corrected chi connectivity index (χ1v) is 8.32. The lowest BCUT2D eigenvalue weighted by molar-refractivity contribution is 0.0983. The third kappa shape index (κ3) is 3.69. The van der Waals surface area contributed by atoms with Gasteiger partial charge in [-0.2, -0.15) is 0 Å². The van der Waals surface area contributed by atoms with Crippen LogP contribution in [0.3, 0.4) is 0 Å². The molecule has 0 fully saturated rings. The number of carbonyl (C=O) groups is 1. The largest absolute Gasteiger partial charge is 0.345 e. The number of carbonyl (C=O) groups excluding carboxylic acids is 1. The number of benzene rings is 2. The number of amides is 1. The predicted molar refractivity (Wildman–Crippen MR) is 103 cm³/mol. The van der Waals surface area contributed by atoms with E-state index in [2.05, 4.69) is 4.98 Å². The van der Waals surface area contributed by atoms with E-state index >= 15 is 0 Å². The van der Waals surface area contributed by atoms with Gasteiger partial charge in [0.25, 0.3) is 5.91 Å². The fraction of sp³-hybridized carbons (Fsp3) is 0.143. The minimum absolute atomic E-state index is 0.1000. The summed E-state index contributed by atoms with van der Waals surface area (Å²) in [6, 6.07) is 23.4. The Labute approximate surface area is 148 Å². The number of aromatic nitrogens is 1. The van der Waals surface area contributed by atoms with Gasteiger partial charge in [0.05, 0.1) is 0 Å². The Hall–Kier alpha value is -3.14. The second kappa shape index (κ2) is 7.62. The molecule has 0 atom stereocenters. The molecule has 0 aliphatic heterocycles. The van der Waals surface area contributed by atoms with Crippen molar-refractivity contribution in [2.24, 2.45) is 0 Å². The van der Waals surface area contributed by atoms with Crippen molar-refractivity contribution in [3.63, 3.8) is 0 Å². The summed E-state index contributed by atoms with van der Waals surface area (Å²) in [7, 11) is 1.98. The van der Waals surface area contributed by atoms with Crippen molar-refractivity contribution >= 4 is 23.0 Å². The topological polar surface area (TPSA) is 36.4 Å². The summed E-state index contributed by atoms with van der Waals surface area (Å²) in [5, 5.41) is 0. The van der Waals surface area contributed by atoms with Crippen molar-refractivity contribution in [1.82, 2.24) is 4.98 Å². The van der Waals surface area contributed by atoms with Gasteiger partial charge in [-0.05, 0) is 43.3 Å². The van der Waals surface area contributed by atoms with E-state index in [0.29, 0.717) is 12.2 Å². The van der Waals surface area contributed by atoms with Gasteiger partial charge in [-0.15, -0.1) is 0 Å². The van der Waals surface area contributed by atoms with Crippen molar-refractivity contribution < 1.29 is 4.79 Å². The summed E-state index contributed by atoms with van der Waals surface area (Å²) in [5.74, 6) is -0.1000. The van der Waals surface area contributed by atoms with Crippen LogP contribution in [0.15, 0.2) is 79.0 Å². The maximum Gasteiger partial charge on any atom is 0.276 e. The number of hydrogen-bond acceptors (Lipinski definition) is 3. The van der Waals surface area contributed by atoms with Crippen LogP contribution in [0.2, 0.25) is 0 Å².